The number of rotatable bonds is 3. The Morgan fingerprint density at radius 3 is 2.86 bits per heavy atom. The quantitative estimate of drug-likeness (QED) is 0.764. The first kappa shape index (κ1) is 8.99. The summed E-state index contributed by atoms with van der Waals surface area (Å²) in [7, 11) is 0. The Bertz CT molecular complexity index is 372. The van der Waals surface area contributed by atoms with Crippen molar-refractivity contribution in [2.75, 3.05) is 5.32 Å². The van der Waals surface area contributed by atoms with Gasteiger partial charge in [-0.1, -0.05) is 0 Å². The van der Waals surface area contributed by atoms with E-state index >= 15 is 0 Å². The van der Waals surface area contributed by atoms with Crippen LogP contribution in [0.15, 0.2) is 12.3 Å². The summed E-state index contributed by atoms with van der Waals surface area (Å²) in [6.07, 6.45) is 3.77. The highest BCUT2D eigenvalue weighted by Gasteiger charge is 2.21. The molecule has 0 unspecified atom stereocenters. The summed E-state index contributed by atoms with van der Waals surface area (Å²) in [6.45, 7) is 1.78. The van der Waals surface area contributed by atoms with E-state index in [1.165, 1.54) is 19.0 Å². The Morgan fingerprint density at radius 1 is 1.64 bits per heavy atom. The zero-order chi connectivity index (χ0) is 10.1. The van der Waals surface area contributed by atoms with Gasteiger partial charge in [-0.3, -0.25) is 0 Å². The number of aromatic nitrogens is 1. The highest BCUT2D eigenvalue weighted by molar-refractivity contribution is 5.89. The third kappa shape index (κ3) is 1.84. The Morgan fingerprint density at radius 2 is 2.36 bits per heavy atom. The highest BCUT2D eigenvalue weighted by atomic mass is 16.4. The van der Waals surface area contributed by atoms with E-state index in [1.807, 2.05) is 0 Å². The van der Waals surface area contributed by atoms with E-state index in [1.54, 1.807) is 13.0 Å². The third-order valence-corrected chi connectivity index (χ3v) is 2.27. The second kappa shape index (κ2) is 3.29. The minimum Gasteiger partial charge on any atom is -0.478 e. The molecule has 0 spiro atoms. The molecule has 2 rings (SSSR count). The molecule has 1 aliphatic rings. The highest BCUT2D eigenvalue weighted by Crippen LogP contribution is 2.24. The van der Waals surface area contributed by atoms with Crippen molar-refractivity contribution in [1.82, 2.24) is 4.98 Å². The minimum atomic E-state index is -0.923. The maximum Gasteiger partial charge on any atom is 0.337 e. The number of hydrogen-bond acceptors (Lipinski definition) is 3. The van der Waals surface area contributed by atoms with Gasteiger partial charge in [-0.05, 0) is 31.4 Å². The Labute approximate surface area is 82.0 Å². The molecule has 74 valence electrons. The Hall–Kier alpha value is -1.58. The molecule has 0 radical (unpaired) electrons. The first-order chi connectivity index (χ1) is 6.66. The summed E-state index contributed by atoms with van der Waals surface area (Å²) in [5.74, 6) is -0.150. The largest absolute Gasteiger partial charge is 0.478 e. The number of nitrogens with zero attached hydrogens (tertiary/aromatic N) is 1. The van der Waals surface area contributed by atoms with Crippen molar-refractivity contribution in [2.24, 2.45) is 0 Å². The summed E-state index contributed by atoms with van der Waals surface area (Å²) in [4.78, 5) is 14.8. The monoisotopic (exact) mass is 192 g/mol. The molecule has 1 fully saturated rings. The topological polar surface area (TPSA) is 62.2 Å². The zero-order valence-electron chi connectivity index (χ0n) is 7.95. The van der Waals surface area contributed by atoms with Gasteiger partial charge < -0.3 is 10.4 Å². The van der Waals surface area contributed by atoms with Gasteiger partial charge in [0, 0.05) is 12.2 Å². The number of aryl methyl sites for hydroxylation is 1. The van der Waals surface area contributed by atoms with Crippen molar-refractivity contribution in [3.05, 3.63) is 23.4 Å². The van der Waals surface area contributed by atoms with Gasteiger partial charge in [-0.15, -0.1) is 0 Å². The first-order valence-electron chi connectivity index (χ1n) is 4.63. The Balaban J connectivity index is 2.20. The fraction of sp³-hybridized carbons (Fsp3) is 0.400. The summed E-state index contributed by atoms with van der Waals surface area (Å²) in [5, 5.41) is 12.0. The van der Waals surface area contributed by atoms with E-state index in [4.69, 9.17) is 5.11 Å². The second-order valence-corrected chi connectivity index (χ2v) is 3.61. The van der Waals surface area contributed by atoms with Crippen LogP contribution in [0.4, 0.5) is 5.82 Å². The van der Waals surface area contributed by atoms with E-state index in [2.05, 4.69) is 10.3 Å². The molecule has 1 aliphatic carbocycles. The van der Waals surface area contributed by atoms with Gasteiger partial charge in [0.05, 0.1) is 5.56 Å². The van der Waals surface area contributed by atoms with Crippen LogP contribution >= 0.6 is 0 Å². The van der Waals surface area contributed by atoms with Crippen LogP contribution in [0.5, 0.6) is 0 Å². The molecule has 0 bridgehead atoms. The van der Waals surface area contributed by atoms with Crippen molar-refractivity contribution in [1.29, 1.82) is 0 Å². The molecule has 0 aromatic carbocycles. The number of hydrogen-bond donors (Lipinski definition) is 2. The Kier molecular flexibility index (Phi) is 2.11. The SMILES string of the molecule is Cc1cc(NC2CC2)ncc1C(=O)O. The van der Waals surface area contributed by atoms with Crippen LogP contribution in [0.25, 0.3) is 0 Å². The van der Waals surface area contributed by atoms with Crippen molar-refractivity contribution in [2.45, 2.75) is 25.8 Å². The molecular weight excluding hydrogens is 180 g/mol. The number of nitrogens with one attached hydrogen (secondary N) is 1. The molecule has 0 atom stereocenters. The molecule has 1 heterocycles. The van der Waals surface area contributed by atoms with Gasteiger partial charge in [0.15, 0.2) is 0 Å². The number of aromatic carboxylic acids is 1. The average Bonchev–Trinajstić information content (AvgIpc) is 2.87. The summed E-state index contributed by atoms with van der Waals surface area (Å²) >= 11 is 0. The number of anilines is 1. The maximum absolute atomic E-state index is 10.7. The molecule has 1 aromatic rings. The van der Waals surface area contributed by atoms with Gasteiger partial charge in [0.2, 0.25) is 0 Å². The normalized spacial score (nSPS) is 15.2. The molecule has 4 nitrogen and oxygen atoms in total. The first-order valence-corrected chi connectivity index (χ1v) is 4.63. The van der Waals surface area contributed by atoms with Gasteiger partial charge in [-0.2, -0.15) is 0 Å². The van der Waals surface area contributed by atoms with E-state index in [9.17, 15) is 4.79 Å². The molecule has 0 aliphatic heterocycles. The van der Waals surface area contributed by atoms with Crippen LogP contribution in [0.3, 0.4) is 0 Å². The molecule has 0 saturated heterocycles. The average molecular weight is 192 g/mol. The fourth-order valence-corrected chi connectivity index (χ4v) is 1.30. The van der Waals surface area contributed by atoms with E-state index in [0.29, 0.717) is 6.04 Å². The predicted octanol–water partition coefficient (Wildman–Crippen LogP) is 1.66. The molecule has 0 amide bonds. The molecule has 2 N–H and O–H groups in total. The molecular formula is C10H12N2O2. The number of pyridine rings is 1. The minimum absolute atomic E-state index is 0.270. The lowest BCUT2D eigenvalue weighted by atomic mass is 10.1. The van der Waals surface area contributed by atoms with Crippen LogP contribution in [0.2, 0.25) is 0 Å². The van der Waals surface area contributed by atoms with Crippen molar-refractivity contribution >= 4 is 11.8 Å². The van der Waals surface area contributed by atoms with Crippen LogP contribution in [0.1, 0.15) is 28.8 Å². The fourth-order valence-electron chi connectivity index (χ4n) is 1.30. The van der Waals surface area contributed by atoms with Crippen LogP contribution in [-0.2, 0) is 0 Å². The number of carboxylic acids is 1. The maximum atomic E-state index is 10.7. The lowest BCUT2D eigenvalue weighted by Crippen LogP contribution is -2.06. The number of carboxylic acid groups (broad SMARTS) is 1. The standard InChI is InChI=1S/C10H12N2O2/c1-6-4-9(12-7-2-3-7)11-5-8(6)10(13)14/h4-5,7H,2-3H2,1H3,(H,11,12)(H,13,14). The van der Waals surface area contributed by atoms with E-state index in [0.717, 1.165) is 11.4 Å². The molecule has 14 heavy (non-hydrogen) atoms. The lowest BCUT2D eigenvalue weighted by molar-refractivity contribution is 0.0695. The predicted molar refractivity (Wildman–Crippen MR) is 52.6 cm³/mol. The zero-order valence-corrected chi connectivity index (χ0v) is 7.95. The van der Waals surface area contributed by atoms with Crippen LogP contribution in [-0.4, -0.2) is 22.1 Å². The van der Waals surface area contributed by atoms with Crippen molar-refractivity contribution < 1.29 is 9.90 Å². The van der Waals surface area contributed by atoms with Gasteiger partial charge >= 0.3 is 5.97 Å². The second-order valence-electron chi connectivity index (χ2n) is 3.61. The van der Waals surface area contributed by atoms with Crippen molar-refractivity contribution in [3.63, 3.8) is 0 Å². The van der Waals surface area contributed by atoms with Crippen LogP contribution in [0, 0.1) is 6.92 Å². The van der Waals surface area contributed by atoms with Crippen molar-refractivity contribution in [3.8, 4) is 0 Å². The van der Waals surface area contributed by atoms with E-state index < -0.39 is 5.97 Å². The smallest absolute Gasteiger partial charge is 0.337 e. The summed E-state index contributed by atoms with van der Waals surface area (Å²) in [6, 6.07) is 2.32. The molecule has 1 aromatic heterocycles. The third-order valence-electron chi connectivity index (χ3n) is 2.27. The van der Waals surface area contributed by atoms with E-state index in [-0.39, 0.29) is 5.56 Å². The lowest BCUT2D eigenvalue weighted by Gasteiger charge is -2.05. The van der Waals surface area contributed by atoms with Gasteiger partial charge in [0.25, 0.3) is 0 Å². The summed E-state index contributed by atoms with van der Waals surface area (Å²) in [5.41, 5.74) is 1.02. The molecule has 4 heteroatoms. The number of carbonyl (C=O) groups is 1. The van der Waals surface area contributed by atoms with Gasteiger partial charge in [0.1, 0.15) is 5.82 Å². The van der Waals surface area contributed by atoms with Gasteiger partial charge in [-0.25, -0.2) is 9.78 Å². The summed E-state index contributed by atoms with van der Waals surface area (Å²) < 4.78 is 0. The molecule has 1 saturated carbocycles. The van der Waals surface area contributed by atoms with Crippen LogP contribution < -0.4 is 5.32 Å².